The molecule has 3 aromatic rings. The normalized spacial score (nSPS) is 10.8. The van der Waals surface area contributed by atoms with Gasteiger partial charge in [-0.3, -0.25) is 4.57 Å². The highest BCUT2D eigenvalue weighted by molar-refractivity contribution is 5.80. The van der Waals surface area contributed by atoms with Gasteiger partial charge in [0, 0.05) is 17.1 Å². The zero-order valence-electron chi connectivity index (χ0n) is 9.17. The maximum Gasteiger partial charge on any atom is 0.100 e. The molecule has 0 radical (unpaired) electrons. The molecule has 0 atom stereocenters. The summed E-state index contributed by atoms with van der Waals surface area (Å²) in [4.78, 5) is 4.33. The van der Waals surface area contributed by atoms with Crippen LogP contribution in [-0.4, -0.2) is 9.55 Å². The number of imidazole rings is 1. The predicted molar refractivity (Wildman–Crippen MR) is 69.9 cm³/mol. The first-order valence-corrected chi connectivity index (χ1v) is 5.32. The maximum absolute atomic E-state index is 5.79. The van der Waals surface area contributed by atoms with Crippen LogP contribution in [0.3, 0.4) is 0 Å². The molecule has 0 fully saturated rings. The molecule has 2 aromatic carbocycles. The minimum absolute atomic E-state index is 0.731. The molecule has 0 amide bonds. The van der Waals surface area contributed by atoms with Crippen LogP contribution in [-0.2, 0) is 0 Å². The number of anilines is 2. The van der Waals surface area contributed by atoms with Crippen molar-refractivity contribution in [1.82, 2.24) is 9.55 Å². The summed E-state index contributed by atoms with van der Waals surface area (Å²) in [6.07, 6.45) is 1.79. The number of aromatic nitrogens is 2. The quantitative estimate of drug-likeness (QED) is 0.622. The zero-order valence-corrected chi connectivity index (χ0v) is 9.17. The van der Waals surface area contributed by atoms with E-state index in [1.165, 1.54) is 0 Å². The summed E-state index contributed by atoms with van der Waals surface area (Å²) >= 11 is 0. The van der Waals surface area contributed by atoms with Gasteiger partial charge in [-0.2, -0.15) is 0 Å². The molecule has 0 bridgehead atoms. The van der Waals surface area contributed by atoms with Crippen LogP contribution >= 0.6 is 0 Å². The van der Waals surface area contributed by atoms with Gasteiger partial charge in [0.05, 0.1) is 11.0 Å². The molecule has 0 aliphatic rings. The Morgan fingerprint density at radius 2 is 1.59 bits per heavy atom. The van der Waals surface area contributed by atoms with Gasteiger partial charge in [0.1, 0.15) is 6.33 Å². The Balaban J connectivity index is 2.23. The van der Waals surface area contributed by atoms with Crippen molar-refractivity contribution in [3.8, 4) is 5.69 Å². The fourth-order valence-corrected chi connectivity index (χ4v) is 1.87. The van der Waals surface area contributed by atoms with Gasteiger partial charge in [-0.15, -0.1) is 0 Å². The smallest absolute Gasteiger partial charge is 0.100 e. The molecular weight excluding hydrogens is 212 g/mol. The topological polar surface area (TPSA) is 69.9 Å². The lowest BCUT2D eigenvalue weighted by Gasteiger charge is -2.04. The van der Waals surface area contributed by atoms with E-state index in [2.05, 4.69) is 4.98 Å². The van der Waals surface area contributed by atoms with Crippen molar-refractivity contribution in [1.29, 1.82) is 0 Å². The Bertz CT molecular complexity index is 667. The van der Waals surface area contributed by atoms with Crippen LogP contribution in [0.2, 0.25) is 0 Å². The molecule has 0 unspecified atom stereocenters. The van der Waals surface area contributed by atoms with Crippen molar-refractivity contribution in [3.63, 3.8) is 0 Å². The number of benzene rings is 2. The molecule has 0 saturated carbocycles. The van der Waals surface area contributed by atoms with Crippen LogP contribution in [0.15, 0.2) is 48.8 Å². The Morgan fingerprint density at radius 3 is 2.35 bits per heavy atom. The first kappa shape index (κ1) is 9.72. The number of hydrogen-bond donors (Lipinski definition) is 2. The third kappa shape index (κ3) is 1.59. The lowest BCUT2D eigenvalue weighted by atomic mass is 10.2. The summed E-state index contributed by atoms with van der Waals surface area (Å²) in [7, 11) is 0. The molecule has 0 aliphatic heterocycles. The van der Waals surface area contributed by atoms with E-state index in [4.69, 9.17) is 11.5 Å². The van der Waals surface area contributed by atoms with Gasteiger partial charge in [-0.05, 0) is 42.5 Å². The molecular formula is C13H12N4. The Hall–Kier alpha value is -2.49. The van der Waals surface area contributed by atoms with Gasteiger partial charge in [0.15, 0.2) is 0 Å². The Labute approximate surface area is 98.5 Å². The molecule has 3 rings (SSSR count). The molecule has 84 valence electrons. The second-order valence-electron chi connectivity index (χ2n) is 3.95. The largest absolute Gasteiger partial charge is 0.399 e. The van der Waals surface area contributed by atoms with Crippen molar-refractivity contribution >= 4 is 22.4 Å². The molecule has 1 heterocycles. The van der Waals surface area contributed by atoms with Gasteiger partial charge in [-0.1, -0.05) is 0 Å². The van der Waals surface area contributed by atoms with E-state index in [9.17, 15) is 0 Å². The first-order chi connectivity index (χ1) is 8.24. The van der Waals surface area contributed by atoms with E-state index >= 15 is 0 Å². The summed E-state index contributed by atoms with van der Waals surface area (Å²) in [5.74, 6) is 0. The molecule has 0 spiro atoms. The molecule has 17 heavy (non-hydrogen) atoms. The van der Waals surface area contributed by atoms with Crippen molar-refractivity contribution in [3.05, 3.63) is 48.8 Å². The molecule has 4 nitrogen and oxygen atoms in total. The summed E-state index contributed by atoms with van der Waals surface area (Å²) in [6.45, 7) is 0. The monoisotopic (exact) mass is 224 g/mol. The van der Waals surface area contributed by atoms with E-state index in [1.807, 2.05) is 47.0 Å². The maximum atomic E-state index is 5.79. The van der Waals surface area contributed by atoms with Crippen molar-refractivity contribution in [2.45, 2.75) is 0 Å². The minimum Gasteiger partial charge on any atom is -0.399 e. The second kappa shape index (κ2) is 3.52. The Morgan fingerprint density at radius 1 is 0.882 bits per heavy atom. The van der Waals surface area contributed by atoms with Crippen LogP contribution < -0.4 is 11.5 Å². The van der Waals surface area contributed by atoms with Gasteiger partial charge in [0.2, 0.25) is 0 Å². The highest BCUT2D eigenvalue weighted by atomic mass is 15.0. The number of rotatable bonds is 1. The third-order valence-electron chi connectivity index (χ3n) is 2.74. The van der Waals surface area contributed by atoms with E-state index in [0.717, 1.165) is 28.1 Å². The lowest BCUT2D eigenvalue weighted by molar-refractivity contribution is 1.09. The SMILES string of the molecule is Nc1ccc(-n2cnc3ccc(N)cc32)cc1. The number of fused-ring (bicyclic) bond motifs is 1. The van der Waals surface area contributed by atoms with E-state index in [1.54, 1.807) is 6.33 Å². The first-order valence-electron chi connectivity index (χ1n) is 5.32. The molecule has 1 aromatic heterocycles. The Kier molecular flexibility index (Phi) is 2.01. The summed E-state index contributed by atoms with van der Waals surface area (Å²) in [6, 6.07) is 13.3. The van der Waals surface area contributed by atoms with Gasteiger partial charge < -0.3 is 11.5 Å². The number of nitrogens with two attached hydrogens (primary N) is 2. The van der Waals surface area contributed by atoms with Crippen LogP contribution in [0.1, 0.15) is 0 Å². The minimum atomic E-state index is 0.731. The van der Waals surface area contributed by atoms with Gasteiger partial charge >= 0.3 is 0 Å². The lowest BCUT2D eigenvalue weighted by Crippen LogP contribution is -1.93. The van der Waals surface area contributed by atoms with Gasteiger partial charge in [-0.25, -0.2) is 4.98 Å². The summed E-state index contributed by atoms with van der Waals surface area (Å²) in [5.41, 5.74) is 15.9. The number of hydrogen-bond acceptors (Lipinski definition) is 3. The standard InChI is InChI=1S/C13H12N4/c14-9-1-4-11(5-2-9)17-8-16-12-6-3-10(15)7-13(12)17/h1-8H,14-15H2. The average molecular weight is 224 g/mol. The fourth-order valence-electron chi connectivity index (χ4n) is 1.87. The molecule has 4 N–H and O–H groups in total. The van der Waals surface area contributed by atoms with Crippen LogP contribution in [0.4, 0.5) is 11.4 Å². The highest BCUT2D eigenvalue weighted by Crippen LogP contribution is 2.20. The number of nitrogen functional groups attached to an aromatic ring is 2. The van der Waals surface area contributed by atoms with Crippen molar-refractivity contribution < 1.29 is 0 Å². The number of nitrogens with zero attached hydrogens (tertiary/aromatic N) is 2. The summed E-state index contributed by atoms with van der Waals surface area (Å²) in [5, 5.41) is 0. The second-order valence-corrected chi connectivity index (χ2v) is 3.95. The van der Waals surface area contributed by atoms with Crippen molar-refractivity contribution in [2.24, 2.45) is 0 Å². The summed E-state index contributed by atoms with van der Waals surface area (Å²) < 4.78 is 1.99. The molecule has 0 saturated heterocycles. The molecule has 4 heteroatoms. The fraction of sp³-hybridized carbons (Fsp3) is 0. The van der Waals surface area contributed by atoms with Crippen molar-refractivity contribution in [2.75, 3.05) is 11.5 Å². The van der Waals surface area contributed by atoms with Gasteiger partial charge in [0.25, 0.3) is 0 Å². The predicted octanol–water partition coefficient (Wildman–Crippen LogP) is 2.19. The van der Waals surface area contributed by atoms with E-state index in [-0.39, 0.29) is 0 Å². The van der Waals surface area contributed by atoms with Crippen LogP contribution in [0.5, 0.6) is 0 Å². The zero-order chi connectivity index (χ0) is 11.8. The van der Waals surface area contributed by atoms with Crippen LogP contribution in [0, 0.1) is 0 Å². The van der Waals surface area contributed by atoms with E-state index in [0.29, 0.717) is 0 Å². The highest BCUT2D eigenvalue weighted by Gasteiger charge is 2.04. The molecule has 0 aliphatic carbocycles. The third-order valence-corrected chi connectivity index (χ3v) is 2.74. The average Bonchev–Trinajstić information content (AvgIpc) is 2.73. The van der Waals surface area contributed by atoms with E-state index < -0.39 is 0 Å². The van der Waals surface area contributed by atoms with Crippen LogP contribution in [0.25, 0.3) is 16.7 Å².